The molecule has 3 rings (SSSR count). The zero-order chi connectivity index (χ0) is 15.9. The summed E-state index contributed by atoms with van der Waals surface area (Å²) in [5, 5.41) is 3.91. The monoisotopic (exact) mass is 368 g/mol. The Bertz CT molecular complexity index is 776. The van der Waals surface area contributed by atoms with Gasteiger partial charge in [0, 0.05) is 0 Å². The first-order valence-electron chi connectivity index (χ1n) is 7.30. The van der Waals surface area contributed by atoms with E-state index in [-0.39, 0.29) is 20.9 Å². The molecule has 0 saturated carbocycles. The zero-order valence-corrected chi connectivity index (χ0v) is 14.2. The van der Waals surface area contributed by atoms with E-state index in [4.69, 9.17) is 0 Å². The van der Waals surface area contributed by atoms with Gasteiger partial charge in [-0.05, 0) is 0 Å². The number of anilines is 1. The minimum absolute atomic E-state index is 0.0524. The fourth-order valence-corrected chi connectivity index (χ4v) is 4.25. The summed E-state index contributed by atoms with van der Waals surface area (Å²) in [7, 11) is 0. The number of pyridine rings is 1. The van der Waals surface area contributed by atoms with E-state index in [0.717, 1.165) is 21.0 Å². The van der Waals surface area contributed by atoms with Crippen molar-refractivity contribution in [1.29, 1.82) is 0 Å². The van der Waals surface area contributed by atoms with Crippen LogP contribution in [0.5, 0.6) is 0 Å². The van der Waals surface area contributed by atoms with E-state index in [1.165, 1.54) is 5.56 Å². The van der Waals surface area contributed by atoms with Gasteiger partial charge in [-0.1, -0.05) is 0 Å². The first-order chi connectivity index (χ1) is 11.3. The van der Waals surface area contributed by atoms with E-state index in [2.05, 4.69) is 10.3 Å². The Hall–Kier alpha value is -2.42. The minimum atomic E-state index is -0.0524. The fourth-order valence-electron chi connectivity index (χ4n) is 2.14. The molecule has 2 aromatic carbocycles. The van der Waals surface area contributed by atoms with Gasteiger partial charge in [0.1, 0.15) is 0 Å². The van der Waals surface area contributed by atoms with Crippen LogP contribution in [0.4, 0.5) is 5.69 Å². The molecule has 0 unspecified atom stereocenters. The third-order valence-corrected chi connectivity index (χ3v) is 5.71. The topological polar surface area (TPSA) is 42.0 Å². The molecule has 0 aliphatic carbocycles. The van der Waals surface area contributed by atoms with Crippen molar-refractivity contribution < 1.29 is 4.79 Å². The molecule has 1 N–H and O–H groups in total. The summed E-state index contributed by atoms with van der Waals surface area (Å²) in [6, 6.07) is 21.4. The van der Waals surface area contributed by atoms with Crippen LogP contribution in [-0.2, 0) is 5.32 Å². The number of amides is 1. The predicted molar refractivity (Wildman–Crippen MR) is 94.2 cm³/mol. The molecule has 0 radical (unpaired) electrons. The van der Waals surface area contributed by atoms with E-state index in [1.54, 1.807) is 12.4 Å². The fraction of sp³-hybridized carbons (Fsp3) is 0.0526. The van der Waals surface area contributed by atoms with Crippen LogP contribution in [0, 0.1) is 0 Å². The SMILES string of the molecule is O=C(Nc1ccccc1)c1ccccc1[Se]Cc1ccncc1. The molecule has 23 heavy (non-hydrogen) atoms. The first kappa shape index (κ1) is 15.5. The number of nitrogens with one attached hydrogen (secondary N) is 1. The van der Waals surface area contributed by atoms with Crippen molar-refractivity contribution >= 4 is 31.0 Å². The van der Waals surface area contributed by atoms with Crippen LogP contribution in [0.15, 0.2) is 79.1 Å². The van der Waals surface area contributed by atoms with Crippen LogP contribution in [0.25, 0.3) is 0 Å². The molecule has 0 saturated heterocycles. The van der Waals surface area contributed by atoms with Gasteiger partial charge in [0.25, 0.3) is 0 Å². The van der Waals surface area contributed by atoms with Crippen molar-refractivity contribution in [1.82, 2.24) is 4.98 Å². The second-order valence-corrected chi connectivity index (χ2v) is 7.09. The van der Waals surface area contributed by atoms with Crippen LogP contribution >= 0.6 is 0 Å². The van der Waals surface area contributed by atoms with Crippen molar-refractivity contribution in [2.75, 3.05) is 5.32 Å². The molecule has 1 heterocycles. The summed E-state index contributed by atoms with van der Waals surface area (Å²) >= 11 is 0.200. The van der Waals surface area contributed by atoms with Crippen LogP contribution in [-0.4, -0.2) is 25.8 Å². The van der Waals surface area contributed by atoms with Crippen LogP contribution in [0.3, 0.4) is 0 Å². The molecule has 1 amide bonds. The number of carbonyl (C=O) groups is 1. The normalized spacial score (nSPS) is 10.3. The van der Waals surface area contributed by atoms with E-state index >= 15 is 0 Å². The Morgan fingerprint density at radius 1 is 0.913 bits per heavy atom. The molecule has 0 bridgehead atoms. The molecule has 0 aliphatic heterocycles. The van der Waals surface area contributed by atoms with Gasteiger partial charge < -0.3 is 0 Å². The van der Waals surface area contributed by atoms with Gasteiger partial charge in [-0.2, -0.15) is 0 Å². The Balaban J connectivity index is 1.73. The summed E-state index contributed by atoms with van der Waals surface area (Å²) < 4.78 is 1.12. The second kappa shape index (κ2) is 7.72. The molecular formula is C19H16N2OSe. The number of rotatable bonds is 5. The van der Waals surface area contributed by atoms with Crippen molar-refractivity contribution in [2.24, 2.45) is 0 Å². The molecule has 3 aromatic rings. The van der Waals surface area contributed by atoms with Gasteiger partial charge in [-0.15, -0.1) is 0 Å². The number of para-hydroxylation sites is 1. The molecule has 114 valence electrons. The molecule has 0 atom stereocenters. The zero-order valence-electron chi connectivity index (χ0n) is 12.5. The first-order valence-corrected chi connectivity index (χ1v) is 9.37. The number of nitrogens with zero attached hydrogens (tertiary/aromatic N) is 1. The maximum atomic E-state index is 12.5. The second-order valence-electron chi connectivity index (χ2n) is 4.96. The number of carbonyl (C=O) groups excluding carboxylic acids is 1. The molecule has 3 nitrogen and oxygen atoms in total. The standard InChI is InChI=1S/C19H16N2OSe/c22-19(21-16-6-2-1-3-7-16)17-8-4-5-9-18(17)23-14-15-10-12-20-13-11-15/h1-13H,14H2,(H,21,22). The van der Waals surface area contributed by atoms with E-state index in [9.17, 15) is 4.79 Å². The molecule has 0 fully saturated rings. The van der Waals surface area contributed by atoms with E-state index in [1.807, 2.05) is 66.7 Å². The van der Waals surface area contributed by atoms with Crippen LogP contribution < -0.4 is 9.78 Å². The maximum absolute atomic E-state index is 12.5. The molecule has 0 aliphatic rings. The Morgan fingerprint density at radius 2 is 1.61 bits per heavy atom. The Kier molecular flexibility index (Phi) is 5.20. The Labute approximate surface area is 141 Å². The molecule has 1 aromatic heterocycles. The third kappa shape index (κ3) is 4.28. The van der Waals surface area contributed by atoms with Crippen molar-refractivity contribution in [3.8, 4) is 0 Å². The van der Waals surface area contributed by atoms with Gasteiger partial charge in [-0.25, -0.2) is 0 Å². The molecule has 4 heteroatoms. The van der Waals surface area contributed by atoms with E-state index < -0.39 is 0 Å². The average molecular weight is 367 g/mol. The number of hydrogen-bond acceptors (Lipinski definition) is 2. The molecular weight excluding hydrogens is 351 g/mol. The van der Waals surface area contributed by atoms with Crippen molar-refractivity contribution in [3.63, 3.8) is 0 Å². The van der Waals surface area contributed by atoms with Gasteiger partial charge in [0.05, 0.1) is 0 Å². The van der Waals surface area contributed by atoms with Gasteiger partial charge >= 0.3 is 142 Å². The summed E-state index contributed by atoms with van der Waals surface area (Å²) in [6.07, 6.45) is 3.61. The predicted octanol–water partition coefficient (Wildman–Crippen LogP) is 2.86. The van der Waals surface area contributed by atoms with E-state index in [0.29, 0.717) is 0 Å². The summed E-state index contributed by atoms with van der Waals surface area (Å²) in [5.74, 6) is -0.0524. The average Bonchev–Trinajstić information content (AvgIpc) is 2.62. The number of hydrogen-bond donors (Lipinski definition) is 1. The van der Waals surface area contributed by atoms with Gasteiger partial charge in [0.2, 0.25) is 0 Å². The van der Waals surface area contributed by atoms with Crippen LogP contribution in [0.2, 0.25) is 0 Å². The quantitative estimate of drug-likeness (QED) is 0.705. The summed E-state index contributed by atoms with van der Waals surface area (Å²) in [5.41, 5.74) is 2.82. The Morgan fingerprint density at radius 3 is 2.39 bits per heavy atom. The van der Waals surface area contributed by atoms with Crippen molar-refractivity contribution in [2.45, 2.75) is 5.32 Å². The van der Waals surface area contributed by atoms with Gasteiger partial charge in [-0.3, -0.25) is 0 Å². The van der Waals surface area contributed by atoms with Crippen molar-refractivity contribution in [3.05, 3.63) is 90.3 Å². The third-order valence-electron chi connectivity index (χ3n) is 3.31. The summed E-state index contributed by atoms with van der Waals surface area (Å²) in [6.45, 7) is 0. The molecule has 0 spiro atoms. The van der Waals surface area contributed by atoms with Gasteiger partial charge in [0.15, 0.2) is 0 Å². The number of benzene rings is 2. The summed E-state index contributed by atoms with van der Waals surface area (Å²) in [4.78, 5) is 16.6. The van der Waals surface area contributed by atoms with Crippen LogP contribution in [0.1, 0.15) is 15.9 Å². The number of aromatic nitrogens is 1.